The van der Waals surface area contributed by atoms with Gasteiger partial charge < -0.3 is 11.1 Å². The number of nitrogens with two attached hydrogens (primary N) is 1. The molecule has 1 aromatic carbocycles. The van der Waals surface area contributed by atoms with Crippen LogP contribution in [0.15, 0.2) is 30.3 Å². The summed E-state index contributed by atoms with van der Waals surface area (Å²) >= 11 is 0. The van der Waals surface area contributed by atoms with Gasteiger partial charge in [-0.1, -0.05) is 0 Å². The zero-order valence-corrected chi connectivity index (χ0v) is 12.5. The fourth-order valence-electron chi connectivity index (χ4n) is 2.49. The minimum Gasteiger partial charge on any atom is -0.399 e. The number of hydrogen-bond donors (Lipinski definition) is 2. The summed E-state index contributed by atoms with van der Waals surface area (Å²) in [4.78, 5) is 4.60. The summed E-state index contributed by atoms with van der Waals surface area (Å²) in [5.41, 5.74) is 10.9. The van der Waals surface area contributed by atoms with Crippen LogP contribution >= 0.6 is 0 Å². The maximum Gasteiger partial charge on any atom is 0.126 e. The standard InChI is InChI=1S/C16H19N5/c1-10-14(11(2)21(3)20-10)9-18-16-7-4-12-8-13(17)5-6-15(12)19-16/h4-8H,9,17H2,1-3H3,(H,18,19). The molecule has 0 aliphatic rings. The van der Waals surface area contributed by atoms with E-state index in [1.54, 1.807) is 0 Å². The van der Waals surface area contributed by atoms with Crippen molar-refractivity contribution in [2.75, 3.05) is 11.1 Å². The lowest BCUT2D eigenvalue weighted by molar-refractivity contribution is 0.730. The summed E-state index contributed by atoms with van der Waals surface area (Å²) in [6.07, 6.45) is 0. The van der Waals surface area contributed by atoms with Gasteiger partial charge in [-0.05, 0) is 44.2 Å². The Morgan fingerprint density at radius 2 is 2.00 bits per heavy atom. The molecule has 2 heterocycles. The molecule has 108 valence electrons. The Morgan fingerprint density at radius 1 is 1.19 bits per heavy atom. The van der Waals surface area contributed by atoms with Gasteiger partial charge in [-0.3, -0.25) is 4.68 Å². The number of benzene rings is 1. The summed E-state index contributed by atoms with van der Waals surface area (Å²) in [5.74, 6) is 0.856. The smallest absolute Gasteiger partial charge is 0.126 e. The van der Waals surface area contributed by atoms with Crippen LogP contribution in [0.5, 0.6) is 0 Å². The molecule has 0 fully saturated rings. The average Bonchev–Trinajstić information content (AvgIpc) is 2.70. The fourth-order valence-corrected chi connectivity index (χ4v) is 2.49. The van der Waals surface area contributed by atoms with Crippen LogP contribution in [-0.4, -0.2) is 14.8 Å². The Kier molecular flexibility index (Phi) is 3.25. The van der Waals surface area contributed by atoms with Gasteiger partial charge in [0.05, 0.1) is 11.2 Å². The van der Waals surface area contributed by atoms with E-state index in [-0.39, 0.29) is 0 Å². The summed E-state index contributed by atoms with van der Waals surface area (Å²) in [6.45, 7) is 4.83. The van der Waals surface area contributed by atoms with Crippen LogP contribution < -0.4 is 11.1 Å². The van der Waals surface area contributed by atoms with Crippen LogP contribution in [0.4, 0.5) is 11.5 Å². The number of pyridine rings is 1. The quantitative estimate of drug-likeness (QED) is 0.724. The van der Waals surface area contributed by atoms with E-state index < -0.39 is 0 Å². The van der Waals surface area contributed by atoms with Crippen LogP contribution in [0, 0.1) is 13.8 Å². The summed E-state index contributed by atoms with van der Waals surface area (Å²) in [7, 11) is 1.96. The zero-order chi connectivity index (χ0) is 15.0. The molecular formula is C16H19N5. The number of anilines is 2. The Bertz CT molecular complexity index is 804. The first-order valence-electron chi connectivity index (χ1n) is 6.94. The number of fused-ring (bicyclic) bond motifs is 1. The third kappa shape index (κ3) is 2.54. The van der Waals surface area contributed by atoms with Crippen molar-refractivity contribution in [1.82, 2.24) is 14.8 Å². The van der Waals surface area contributed by atoms with Crippen molar-refractivity contribution >= 4 is 22.4 Å². The molecule has 0 saturated heterocycles. The molecule has 3 aromatic rings. The molecule has 0 amide bonds. The molecule has 3 rings (SSSR count). The molecule has 21 heavy (non-hydrogen) atoms. The highest BCUT2D eigenvalue weighted by molar-refractivity contribution is 5.83. The highest BCUT2D eigenvalue weighted by atomic mass is 15.3. The van der Waals surface area contributed by atoms with Gasteiger partial charge in [-0.15, -0.1) is 0 Å². The van der Waals surface area contributed by atoms with E-state index in [0.29, 0.717) is 0 Å². The highest BCUT2D eigenvalue weighted by Gasteiger charge is 2.09. The molecule has 3 N–H and O–H groups in total. The second-order valence-corrected chi connectivity index (χ2v) is 5.28. The Morgan fingerprint density at radius 3 is 2.71 bits per heavy atom. The van der Waals surface area contributed by atoms with E-state index in [9.17, 15) is 0 Å². The van der Waals surface area contributed by atoms with Crippen LogP contribution in [-0.2, 0) is 13.6 Å². The van der Waals surface area contributed by atoms with E-state index in [1.165, 1.54) is 11.3 Å². The van der Waals surface area contributed by atoms with Gasteiger partial charge in [0.1, 0.15) is 5.82 Å². The molecule has 5 nitrogen and oxygen atoms in total. The first-order valence-corrected chi connectivity index (χ1v) is 6.94. The van der Waals surface area contributed by atoms with E-state index in [0.717, 1.165) is 34.6 Å². The van der Waals surface area contributed by atoms with Crippen LogP contribution in [0.3, 0.4) is 0 Å². The lowest BCUT2D eigenvalue weighted by Gasteiger charge is -2.07. The molecule has 5 heteroatoms. The van der Waals surface area contributed by atoms with E-state index >= 15 is 0 Å². The molecule has 0 atom stereocenters. The van der Waals surface area contributed by atoms with Gasteiger partial charge in [0.2, 0.25) is 0 Å². The largest absolute Gasteiger partial charge is 0.399 e. The SMILES string of the molecule is Cc1nn(C)c(C)c1CNc1ccc2cc(N)ccc2n1. The van der Waals surface area contributed by atoms with E-state index in [1.807, 2.05) is 49.0 Å². The van der Waals surface area contributed by atoms with Crippen LogP contribution in [0.25, 0.3) is 10.9 Å². The molecule has 0 bridgehead atoms. The Balaban J connectivity index is 1.83. The van der Waals surface area contributed by atoms with Gasteiger partial charge >= 0.3 is 0 Å². The molecular weight excluding hydrogens is 262 g/mol. The predicted molar refractivity (Wildman–Crippen MR) is 86.2 cm³/mol. The maximum atomic E-state index is 5.78. The number of aryl methyl sites for hydroxylation is 2. The Hall–Kier alpha value is -2.56. The minimum atomic E-state index is 0.721. The van der Waals surface area contributed by atoms with Crippen molar-refractivity contribution in [3.05, 3.63) is 47.3 Å². The highest BCUT2D eigenvalue weighted by Crippen LogP contribution is 2.19. The van der Waals surface area contributed by atoms with Crippen molar-refractivity contribution in [1.29, 1.82) is 0 Å². The molecule has 0 unspecified atom stereocenters. The lowest BCUT2D eigenvalue weighted by atomic mass is 10.2. The Labute approximate surface area is 123 Å². The van der Waals surface area contributed by atoms with Crippen molar-refractivity contribution in [2.24, 2.45) is 7.05 Å². The number of rotatable bonds is 3. The molecule has 0 spiro atoms. The third-order valence-electron chi connectivity index (χ3n) is 3.82. The molecule has 0 radical (unpaired) electrons. The monoisotopic (exact) mass is 281 g/mol. The van der Waals surface area contributed by atoms with Crippen molar-refractivity contribution in [3.8, 4) is 0 Å². The number of aromatic nitrogens is 3. The maximum absolute atomic E-state index is 5.78. The van der Waals surface area contributed by atoms with Crippen LogP contribution in [0.1, 0.15) is 17.0 Å². The van der Waals surface area contributed by atoms with Gasteiger partial charge in [-0.2, -0.15) is 5.10 Å². The van der Waals surface area contributed by atoms with E-state index in [4.69, 9.17) is 5.73 Å². The summed E-state index contributed by atoms with van der Waals surface area (Å²) in [5, 5.41) is 8.84. The zero-order valence-electron chi connectivity index (χ0n) is 12.5. The fraction of sp³-hybridized carbons (Fsp3) is 0.250. The number of nitrogens with zero attached hydrogens (tertiary/aromatic N) is 3. The molecule has 0 aliphatic heterocycles. The minimum absolute atomic E-state index is 0.721. The molecule has 2 aromatic heterocycles. The van der Waals surface area contributed by atoms with Gasteiger partial charge in [0, 0.05) is 35.9 Å². The average molecular weight is 281 g/mol. The second kappa shape index (κ2) is 5.09. The summed E-state index contributed by atoms with van der Waals surface area (Å²) in [6, 6.07) is 9.75. The van der Waals surface area contributed by atoms with E-state index in [2.05, 4.69) is 22.3 Å². The van der Waals surface area contributed by atoms with Gasteiger partial charge in [-0.25, -0.2) is 4.98 Å². The van der Waals surface area contributed by atoms with Gasteiger partial charge in [0.25, 0.3) is 0 Å². The number of nitrogens with one attached hydrogen (secondary N) is 1. The van der Waals surface area contributed by atoms with Crippen molar-refractivity contribution < 1.29 is 0 Å². The van der Waals surface area contributed by atoms with Crippen molar-refractivity contribution in [2.45, 2.75) is 20.4 Å². The second-order valence-electron chi connectivity index (χ2n) is 5.28. The number of nitrogen functional groups attached to an aromatic ring is 1. The first-order chi connectivity index (χ1) is 10.0. The first kappa shape index (κ1) is 13.4. The summed E-state index contributed by atoms with van der Waals surface area (Å²) < 4.78 is 1.91. The topological polar surface area (TPSA) is 68.8 Å². The van der Waals surface area contributed by atoms with Crippen molar-refractivity contribution in [3.63, 3.8) is 0 Å². The molecule has 0 aliphatic carbocycles. The molecule has 0 saturated carbocycles. The lowest BCUT2D eigenvalue weighted by Crippen LogP contribution is -2.03. The predicted octanol–water partition coefficient (Wildman–Crippen LogP) is 2.78. The third-order valence-corrected chi connectivity index (χ3v) is 3.82. The number of hydrogen-bond acceptors (Lipinski definition) is 4. The van der Waals surface area contributed by atoms with Crippen LogP contribution in [0.2, 0.25) is 0 Å². The normalized spacial score (nSPS) is 11.0. The van der Waals surface area contributed by atoms with Gasteiger partial charge in [0.15, 0.2) is 0 Å².